The van der Waals surface area contributed by atoms with Crippen molar-refractivity contribution in [1.29, 1.82) is 0 Å². The van der Waals surface area contributed by atoms with Gasteiger partial charge in [0.1, 0.15) is 17.8 Å². The number of hydrogen-bond acceptors (Lipinski definition) is 5. The molecule has 1 unspecified atom stereocenters. The van der Waals surface area contributed by atoms with E-state index in [2.05, 4.69) is 15.4 Å². The predicted molar refractivity (Wildman–Crippen MR) is 112 cm³/mol. The number of hydrogen-bond donors (Lipinski definition) is 3. The van der Waals surface area contributed by atoms with E-state index in [1.165, 1.54) is 14.0 Å². The molecule has 29 heavy (non-hydrogen) atoms. The Kier molecular flexibility index (Phi) is 7.83. The third kappa shape index (κ3) is 6.48. The van der Waals surface area contributed by atoms with Crippen molar-refractivity contribution in [2.75, 3.05) is 7.11 Å². The Hall–Kier alpha value is -2.57. The van der Waals surface area contributed by atoms with Gasteiger partial charge in [0.15, 0.2) is 0 Å². The SMILES string of the molecule is COC(=O)[C@H](C)NC(=O)C(Cc1cc(C(C)(C)C)c(O)c(C(C)(C)C)c1)NC=O. The average Bonchev–Trinajstić information content (AvgIpc) is 2.59. The molecule has 1 rings (SSSR count). The maximum atomic E-state index is 12.6. The van der Waals surface area contributed by atoms with Crippen molar-refractivity contribution in [3.63, 3.8) is 0 Å². The molecule has 0 saturated heterocycles. The summed E-state index contributed by atoms with van der Waals surface area (Å²) in [7, 11) is 1.24. The van der Waals surface area contributed by atoms with Gasteiger partial charge in [0.05, 0.1) is 7.11 Å². The third-order valence-electron chi connectivity index (χ3n) is 4.72. The molecule has 0 aliphatic heterocycles. The number of phenols is 1. The second kappa shape index (κ2) is 9.29. The highest BCUT2D eigenvalue weighted by atomic mass is 16.5. The number of aromatic hydroxyl groups is 1. The zero-order valence-electron chi connectivity index (χ0n) is 18.7. The average molecular weight is 407 g/mol. The molecule has 162 valence electrons. The summed E-state index contributed by atoms with van der Waals surface area (Å²) >= 11 is 0. The van der Waals surface area contributed by atoms with Crippen molar-refractivity contribution in [1.82, 2.24) is 10.6 Å². The number of carbonyl (C=O) groups excluding carboxylic acids is 3. The number of amides is 2. The minimum atomic E-state index is -0.871. The summed E-state index contributed by atoms with van der Waals surface area (Å²) in [6.45, 7) is 13.5. The molecule has 0 bridgehead atoms. The van der Waals surface area contributed by atoms with Crippen LogP contribution < -0.4 is 10.6 Å². The second-order valence-electron chi connectivity index (χ2n) is 9.33. The molecule has 0 aliphatic rings. The van der Waals surface area contributed by atoms with E-state index in [1.807, 2.05) is 53.7 Å². The molecule has 7 nitrogen and oxygen atoms in total. The molecule has 0 aliphatic carbocycles. The molecule has 3 N–H and O–H groups in total. The summed E-state index contributed by atoms with van der Waals surface area (Å²) < 4.78 is 4.62. The molecule has 1 aromatic carbocycles. The fraction of sp³-hybridized carbons (Fsp3) is 0.591. The minimum Gasteiger partial charge on any atom is -0.507 e. The van der Waals surface area contributed by atoms with E-state index >= 15 is 0 Å². The first-order valence-corrected chi connectivity index (χ1v) is 9.67. The van der Waals surface area contributed by atoms with Gasteiger partial charge in [-0.1, -0.05) is 53.7 Å². The Labute approximate surface area is 173 Å². The first-order valence-electron chi connectivity index (χ1n) is 9.67. The van der Waals surface area contributed by atoms with Crippen molar-refractivity contribution < 1.29 is 24.2 Å². The molecule has 0 radical (unpaired) electrons. The Bertz CT molecular complexity index is 724. The van der Waals surface area contributed by atoms with Gasteiger partial charge in [0, 0.05) is 6.42 Å². The summed E-state index contributed by atoms with van der Waals surface area (Å²) in [5, 5.41) is 15.9. The number of esters is 1. The standard InChI is InChI=1S/C22H34N2O5/c1-13(20(28)29-8)24-19(27)17(23-12-25)11-14-9-15(21(2,3)4)18(26)16(10-14)22(5,6)7/h9-10,12-13,17,26H,11H2,1-8H3,(H,23,25)(H,24,27)/t13-,17?/m0/s1. The number of phenolic OH excluding ortho intramolecular Hbond substituents is 1. The monoisotopic (exact) mass is 406 g/mol. The van der Waals surface area contributed by atoms with Crippen molar-refractivity contribution in [3.05, 3.63) is 28.8 Å². The Morgan fingerprint density at radius 3 is 1.97 bits per heavy atom. The van der Waals surface area contributed by atoms with Gasteiger partial charge in [-0.3, -0.25) is 9.59 Å². The lowest BCUT2D eigenvalue weighted by atomic mass is 9.78. The number of ether oxygens (including phenoxy) is 1. The van der Waals surface area contributed by atoms with E-state index in [1.54, 1.807) is 0 Å². The maximum Gasteiger partial charge on any atom is 0.328 e. The van der Waals surface area contributed by atoms with Gasteiger partial charge in [-0.15, -0.1) is 0 Å². The van der Waals surface area contributed by atoms with Crippen LogP contribution in [0.1, 0.15) is 65.2 Å². The summed E-state index contributed by atoms with van der Waals surface area (Å²) in [6, 6.07) is 2.02. The quantitative estimate of drug-likeness (QED) is 0.476. The molecule has 0 heterocycles. The highest BCUT2D eigenvalue weighted by Gasteiger charge is 2.28. The molecule has 0 saturated carbocycles. The zero-order chi connectivity index (χ0) is 22.6. The van der Waals surface area contributed by atoms with Crippen LogP contribution in [0.2, 0.25) is 0 Å². The van der Waals surface area contributed by atoms with Crippen molar-refractivity contribution in [2.45, 2.75) is 77.8 Å². The molecule has 1 aromatic rings. The Balaban J connectivity index is 3.31. The van der Waals surface area contributed by atoms with Crippen molar-refractivity contribution in [3.8, 4) is 5.75 Å². The molecule has 7 heteroatoms. The molecular weight excluding hydrogens is 372 g/mol. The van der Waals surface area contributed by atoms with Gasteiger partial charge < -0.3 is 20.5 Å². The highest BCUT2D eigenvalue weighted by Crippen LogP contribution is 2.39. The van der Waals surface area contributed by atoms with Crippen LogP contribution in [-0.4, -0.2) is 42.6 Å². The normalized spacial score (nSPS) is 13.9. The van der Waals surface area contributed by atoms with Crippen LogP contribution in [0.4, 0.5) is 0 Å². The van der Waals surface area contributed by atoms with Crippen LogP contribution in [0.5, 0.6) is 5.75 Å². The predicted octanol–water partition coefficient (Wildman–Crippen LogP) is 2.32. The van der Waals surface area contributed by atoms with E-state index in [0.29, 0.717) is 6.41 Å². The van der Waals surface area contributed by atoms with Crippen LogP contribution in [0, 0.1) is 0 Å². The first-order chi connectivity index (χ1) is 13.2. The van der Waals surface area contributed by atoms with E-state index < -0.39 is 24.0 Å². The highest BCUT2D eigenvalue weighted by molar-refractivity contribution is 5.88. The van der Waals surface area contributed by atoms with Crippen molar-refractivity contribution >= 4 is 18.3 Å². The Morgan fingerprint density at radius 1 is 1.10 bits per heavy atom. The number of methoxy groups -OCH3 is 1. The lowest BCUT2D eigenvalue weighted by Gasteiger charge is -2.29. The van der Waals surface area contributed by atoms with Gasteiger partial charge in [0.25, 0.3) is 0 Å². The van der Waals surface area contributed by atoms with E-state index in [9.17, 15) is 19.5 Å². The molecule has 0 spiro atoms. The molecule has 0 fully saturated rings. The topological polar surface area (TPSA) is 105 Å². The number of rotatable bonds is 7. The molecular formula is C22H34N2O5. The summed E-state index contributed by atoms with van der Waals surface area (Å²) in [5.74, 6) is -0.812. The third-order valence-corrected chi connectivity index (χ3v) is 4.72. The van der Waals surface area contributed by atoms with Crippen LogP contribution >= 0.6 is 0 Å². The van der Waals surface area contributed by atoms with Gasteiger partial charge in [-0.2, -0.15) is 0 Å². The first kappa shape index (κ1) is 24.5. The number of benzene rings is 1. The van der Waals surface area contributed by atoms with E-state index in [-0.39, 0.29) is 23.0 Å². The molecule has 2 atom stereocenters. The maximum absolute atomic E-state index is 12.6. The summed E-state index contributed by atoms with van der Waals surface area (Å²) in [6.07, 6.45) is 0.674. The van der Waals surface area contributed by atoms with Crippen LogP contribution in [0.15, 0.2) is 12.1 Å². The van der Waals surface area contributed by atoms with E-state index in [0.717, 1.165) is 16.7 Å². The van der Waals surface area contributed by atoms with Gasteiger partial charge >= 0.3 is 5.97 Å². The number of nitrogens with one attached hydrogen (secondary N) is 2. The summed E-state index contributed by atoms with van der Waals surface area (Å²) in [4.78, 5) is 35.3. The smallest absolute Gasteiger partial charge is 0.328 e. The fourth-order valence-electron chi connectivity index (χ4n) is 3.05. The lowest BCUT2D eigenvalue weighted by molar-refractivity contribution is -0.144. The van der Waals surface area contributed by atoms with Crippen LogP contribution in [0.25, 0.3) is 0 Å². The summed E-state index contributed by atoms with van der Waals surface area (Å²) in [5.41, 5.74) is 1.73. The van der Waals surface area contributed by atoms with E-state index in [4.69, 9.17) is 0 Å². The zero-order valence-corrected chi connectivity index (χ0v) is 18.7. The molecule has 0 aromatic heterocycles. The Morgan fingerprint density at radius 2 is 1.59 bits per heavy atom. The van der Waals surface area contributed by atoms with Gasteiger partial charge in [-0.05, 0) is 34.4 Å². The van der Waals surface area contributed by atoms with Crippen molar-refractivity contribution in [2.24, 2.45) is 0 Å². The fourth-order valence-corrected chi connectivity index (χ4v) is 3.05. The second-order valence-corrected chi connectivity index (χ2v) is 9.33. The number of carbonyl (C=O) groups is 3. The lowest BCUT2D eigenvalue weighted by Crippen LogP contribution is -2.50. The molecule has 2 amide bonds. The minimum absolute atomic E-state index is 0.213. The van der Waals surface area contributed by atoms with Gasteiger partial charge in [-0.25, -0.2) is 4.79 Å². The van der Waals surface area contributed by atoms with Crippen LogP contribution in [0.3, 0.4) is 0 Å². The largest absolute Gasteiger partial charge is 0.507 e. The van der Waals surface area contributed by atoms with Crippen LogP contribution in [-0.2, 0) is 36.4 Å². The van der Waals surface area contributed by atoms with Gasteiger partial charge in [0.2, 0.25) is 12.3 Å².